The predicted molar refractivity (Wildman–Crippen MR) is 92.8 cm³/mol. The summed E-state index contributed by atoms with van der Waals surface area (Å²) in [6, 6.07) is 9.79. The van der Waals surface area contributed by atoms with Crippen LogP contribution in [0, 0.1) is 0 Å². The maximum Gasteiger partial charge on any atom is 0.119 e. The fourth-order valence-electron chi connectivity index (χ4n) is 3.56. The van der Waals surface area contributed by atoms with Crippen molar-refractivity contribution < 1.29 is 9.84 Å². The van der Waals surface area contributed by atoms with E-state index in [0.29, 0.717) is 18.6 Å². The molecule has 4 nitrogen and oxygen atoms in total. The minimum absolute atomic E-state index is 0.172. The van der Waals surface area contributed by atoms with Crippen LogP contribution < -0.4 is 10.1 Å². The molecule has 3 unspecified atom stereocenters. The minimum Gasteiger partial charge on any atom is -0.491 e. The zero-order valence-electron chi connectivity index (χ0n) is 14.5. The lowest BCUT2D eigenvalue weighted by Gasteiger charge is -2.20. The lowest BCUT2D eigenvalue weighted by molar-refractivity contribution is 0.169. The number of rotatable bonds is 7. The highest BCUT2D eigenvalue weighted by molar-refractivity contribution is 5.28. The Balaban J connectivity index is 1.46. The summed E-state index contributed by atoms with van der Waals surface area (Å²) in [5, 5.41) is 13.9. The highest BCUT2D eigenvalue weighted by atomic mass is 16.5. The maximum absolute atomic E-state index is 10.4. The molecule has 128 valence electrons. The van der Waals surface area contributed by atoms with Gasteiger partial charge < -0.3 is 15.2 Å². The van der Waals surface area contributed by atoms with E-state index in [1.54, 1.807) is 0 Å². The van der Waals surface area contributed by atoms with Crippen LogP contribution in [0.1, 0.15) is 51.7 Å². The second kappa shape index (κ2) is 7.20. The normalized spacial score (nSPS) is 26.7. The first-order valence-electron chi connectivity index (χ1n) is 8.96. The van der Waals surface area contributed by atoms with Crippen LogP contribution in [0.3, 0.4) is 0 Å². The van der Waals surface area contributed by atoms with Crippen LogP contribution in [0.25, 0.3) is 0 Å². The van der Waals surface area contributed by atoms with Crippen LogP contribution in [-0.2, 0) is 0 Å². The van der Waals surface area contributed by atoms with E-state index in [2.05, 4.69) is 17.1 Å². The van der Waals surface area contributed by atoms with Gasteiger partial charge in [0.15, 0.2) is 0 Å². The Morgan fingerprint density at radius 1 is 1.26 bits per heavy atom. The van der Waals surface area contributed by atoms with E-state index < -0.39 is 6.10 Å². The number of ether oxygens (including phenoxy) is 1. The molecule has 0 amide bonds. The number of aliphatic hydroxyl groups excluding tert-OH is 1. The molecule has 1 aliphatic heterocycles. The molecule has 1 heterocycles. The van der Waals surface area contributed by atoms with Gasteiger partial charge in [-0.2, -0.15) is 0 Å². The van der Waals surface area contributed by atoms with Crippen molar-refractivity contribution in [2.24, 2.45) is 0 Å². The highest BCUT2D eigenvalue weighted by Gasteiger charge is 2.38. The van der Waals surface area contributed by atoms with E-state index in [1.807, 2.05) is 38.1 Å². The molecule has 1 aromatic rings. The van der Waals surface area contributed by atoms with Crippen LogP contribution in [0.4, 0.5) is 0 Å². The van der Waals surface area contributed by atoms with Crippen molar-refractivity contribution in [3.05, 3.63) is 29.8 Å². The van der Waals surface area contributed by atoms with E-state index in [0.717, 1.165) is 23.9 Å². The molecular weight excluding hydrogens is 288 g/mol. The number of hydrogen-bond acceptors (Lipinski definition) is 4. The van der Waals surface area contributed by atoms with E-state index in [4.69, 9.17) is 4.74 Å². The number of hydrogen-bond donors (Lipinski definition) is 2. The molecule has 1 aromatic carbocycles. The van der Waals surface area contributed by atoms with Crippen LogP contribution in [0.15, 0.2) is 24.3 Å². The van der Waals surface area contributed by atoms with Crippen molar-refractivity contribution in [2.75, 3.05) is 13.1 Å². The number of benzene rings is 1. The van der Waals surface area contributed by atoms with Crippen LogP contribution in [0.2, 0.25) is 0 Å². The predicted octanol–water partition coefficient (Wildman–Crippen LogP) is 2.72. The average Bonchev–Trinajstić information content (AvgIpc) is 3.28. The molecule has 0 aromatic heterocycles. The maximum atomic E-state index is 10.4. The Kier molecular flexibility index (Phi) is 5.24. The molecule has 23 heavy (non-hydrogen) atoms. The smallest absolute Gasteiger partial charge is 0.119 e. The Morgan fingerprint density at radius 3 is 2.57 bits per heavy atom. The molecule has 2 aliphatic rings. The third-order valence-electron chi connectivity index (χ3n) is 4.88. The molecule has 1 aliphatic carbocycles. The second-order valence-electron chi connectivity index (χ2n) is 7.37. The van der Waals surface area contributed by atoms with Gasteiger partial charge in [0.2, 0.25) is 0 Å². The van der Waals surface area contributed by atoms with Crippen molar-refractivity contribution in [1.29, 1.82) is 0 Å². The molecule has 3 atom stereocenters. The van der Waals surface area contributed by atoms with Gasteiger partial charge in [-0.1, -0.05) is 12.1 Å². The first-order valence-corrected chi connectivity index (χ1v) is 8.96. The molecule has 0 bridgehead atoms. The highest BCUT2D eigenvalue weighted by Crippen LogP contribution is 2.33. The topological polar surface area (TPSA) is 44.7 Å². The van der Waals surface area contributed by atoms with Crippen LogP contribution in [0.5, 0.6) is 5.75 Å². The number of likely N-dealkylation sites (tertiary alicyclic amines) is 1. The molecule has 2 N–H and O–H groups in total. The van der Waals surface area contributed by atoms with Gasteiger partial charge in [0.25, 0.3) is 0 Å². The molecule has 4 heteroatoms. The standard InChI is InChI=1S/C19H30N2O2/c1-13(2)23-18-8-4-15(5-9-18)19(22)11-20-16-10-14(3)21(12-16)17-6-7-17/h4-5,8-9,13-14,16-17,19-20,22H,6-7,10-12H2,1-3H3. The third kappa shape index (κ3) is 4.46. The van der Waals surface area contributed by atoms with Crippen molar-refractivity contribution >= 4 is 0 Å². The summed E-state index contributed by atoms with van der Waals surface area (Å²) in [4.78, 5) is 2.63. The molecule has 0 radical (unpaired) electrons. The summed E-state index contributed by atoms with van der Waals surface area (Å²) in [6.07, 6.45) is 3.62. The summed E-state index contributed by atoms with van der Waals surface area (Å²) in [6.45, 7) is 8.09. The van der Waals surface area contributed by atoms with Gasteiger partial charge in [-0.25, -0.2) is 0 Å². The van der Waals surface area contributed by atoms with E-state index in [1.165, 1.54) is 19.3 Å². The van der Waals surface area contributed by atoms with Crippen molar-refractivity contribution in [3.63, 3.8) is 0 Å². The van der Waals surface area contributed by atoms with Gasteiger partial charge in [0, 0.05) is 31.2 Å². The van der Waals surface area contributed by atoms with E-state index >= 15 is 0 Å². The lowest BCUT2D eigenvalue weighted by Crippen LogP contribution is -2.36. The van der Waals surface area contributed by atoms with Crippen molar-refractivity contribution in [2.45, 2.75) is 70.4 Å². The summed E-state index contributed by atoms with van der Waals surface area (Å²) in [7, 11) is 0. The zero-order chi connectivity index (χ0) is 16.4. The number of nitrogens with zero attached hydrogens (tertiary/aromatic N) is 1. The monoisotopic (exact) mass is 318 g/mol. The molecule has 0 spiro atoms. The minimum atomic E-state index is -0.464. The SMILES string of the molecule is CC(C)Oc1ccc(C(O)CNC2CC(C)N(C3CC3)C2)cc1. The van der Waals surface area contributed by atoms with Crippen molar-refractivity contribution in [3.8, 4) is 5.75 Å². The van der Waals surface area contributed by atoms with Gasteiger partial charge in [-0.3, -0.25) is 4.90 Å². The van der Waals surface area contributed by atoms with Crippen molar-refractivity contribution in [1.82, 2.24) is 10.2 Å². The summed E-state index contributed by atoms with van der Waals surface area (Å²) in [5.41, 5.74) is 0.943. The van der Waals surface area contributed by atoms with Gasteiger partial charge >= 0.3 is 0 Å². The first kappa shape index (κ1) is 16.7. The van der Waals surface area contributed by atoms with Gasteiger partial charge in [0.1, 0.15) is 5.75 Å². The van der Waals surface area contributed by atoms with E-state index in [9.17, 15) is 5.11 Å². The summed E-state index contributed by atoms with van der Waals surface area (Å²) >= 11 is 0. The second-order valence-corrected chi connectivity index (χ2v) is 7.37. The number of aliphatic hydroxyl groups is 1. The number of nitrogens with one attached hydrogen (secondary N) is 1. The molecule has 2 fully saturated rings. The Morgan fingerprint density at radius 2 is 1.96 bits per heavy atom. The van der Waals surface area contributed by atoms with Crippen LogP contribution in [-0.4, -0.2) is 47.3 Å². The summed E-state index contributed by atoms with van der Waals surface area (Å²) < 4.78 is 5.64. The zero-order valence-corrected chi connectivity index (χ0v) is 14.5. The molecule has 1 saturated heterocycles. The molecule has 3 rings (SSSR count). The third-order valence-corrected chi connectivity index (χ3v) is 4.88. The van der Waals surface area contributed by atoms with Gasteiger partial charge in [-0.05, 0) is 57.7 Å². The Labute approximate surface area is 139 Å². The first-order chi connectivity index (χ1) is 11.0. The van der Waals surface area contributed by atoms with E-state index in [-0.39, 0.29) is 6.10 Å². The Hall–Kier alpha value is -1.10. The average molecular weight is 318 g/mol. The molecule has 1 saturated carbocycles. The molecular formula is C19H30N2O2. The van der Waals surface area contributed by atoms with Gasteiger partial charge in [0.05, 0.1) is 12.2 Å². The van der Waals surface area contributed by atoms with Crippen LogP contribution >= 0.6 is 0 Å². The largest absolute Gasteiger partial charge is 0.491 e. The summed E-state index contributed by atoms with van der Waals surface area (Å²) in [5.74, 6) is 0.855. The quantitative estimate of drug-likeness (QED) is 0.811. The van der Waals surface area contributed by atoms with Gasteiger partial charge in [-0.15, -0.1) is 0 Å². The fourth-order valence-corrected chi connectivity index (χ4v) is 3.56. The lowest BCUT2D eigenvalue weighted by atomic mass is 10.1. The fraction of sp³-hybridized carbons (Fsp3) is 0.684. The Bertz CT molecular complexity index is 499.